The van der Waals surface area contributed by atoms with Crippen LogP contribution in [0, 0.1) is 12.3 Å². The van der Waals surface area contributed by atoms with Gasteiger partial charge in [0.15, 0.2) is 0 Å². The zero-order chi connectivity index (χ0) is 11.2. The number of nitrogen functional groups attached to an aromatic ring is 1. The maximum Gasteiger partial charge on any atom is 0.0656 e. The van der Waals surface area contributed by atoms with E-state index in [1.54, 1.807) is 0 Å². The number of hydrogen-bond acceptors (Lipinski definition) is 2. The fourth-order valence-corrected chi connectivity index (χ4v) is 1.92. The Bertz CT molecular complexity index is 399. The molecule has 0 aliphatic heterocycles. The van der Waals surface area contributed by atoms with Gasteiger partial charge < -0.3 is 11.1 Å². The lowest BCUT2D eigenvalue weighted by atomic mass is 10.1. The molecule has 82 valence electrons. The first-order valence-corrected chi connectivity index (χ1v) is 5.60. The largest absolute Gasteiger partial charge is 0.398 e. The predicted octanol–water partition coefficient (Wildman–Crippen LogP) is 3.44. The Morgan fingerprint density at radius 2 is 2.07 bits per heavy atom. The van der Waals surface area contributed by atoms with Crippen molar-refractivity contribution in [1.82, 2.24) is 0 Å². The number of halogens is 1. The van der Waals surface area contributed by atoms with Crippen LogP contribution in [0.15, 0.2) is 12.1 Å². The van der Waals surface area contributed by atoms with Gasteiger partial charge in [-0.2, -0.15) is 0 Å². The highest BCUT2D eigenvalue weighted by Gasteiger charge is 2.45. The molecule has 1 aromatic carbocycles. The number of hydrogen-bond donors (Lipinski definition) is 2. The quantitative estimate of drug-likeness (QED) is 0.756. The average molecular weight is 225 g/mol. The standard InChI is InChI=1S/C12H17ClN2/c1-7-4-9(14)8(13)5-10(7)15-11-6-12(11,2)3/h4-5,11,15H,6,14H2,1-3H3. The van der Waals surface area contributed by atoms with E-state index in [4.69, 9.17) is 17.3 Å². The first kappa shape index (κ1) is 10.6. The Labute approximate surface area is 95.8 Å². The molecule has 1 unspecified atom stereocenters. The second-order valence-electron chi connectivity index (χ2n) is 5.08. The summed E-state index contributed by atoms with van der Waals surface area (Å²) in [5.41, 5.74) is 9.05. The van der Waals surface area contributed by atoms with Crippen molar-refractivity contribution >= 4 is 23.0 Å². The van der Waals surface area contributed by atoms with Crippen LogP contribution >= 0.6 is 11.6 Å². The number of aryl methyl sites for hydroxylation is 1. The maximum absolute atomic E-state index is 6.00. The normalized spacial score (nSPS) is 22.5. The highest BCUT2D eigenvalue weighted by atomic mass is 35.5. The van der Waals surface area contributed by atoms with Crippen LogP contribution in [0.25, 0.3) is 0 Å². The van der Waals surface area contributed by atoms with Crippen LogP contribution in [-0.2, 0) is 0 Å². The highest BCUT2D eigenvalue weighted by Crippen LogP contribution is 2.47. The summed E-state index contributed by atoms with van der Waals surface area (Å²) < 4.78 is 0. The number of anilines is 2. The van der Waals surface area contributed by atoms with E-state index in [0.29, 0.717) is 22.2 Å². The van der Waals surface area contributed by atoms with E-state index in [-0.39, 0.29) is 0 Å². The van der Waals surface area contributed by atoms with E-state index in [0.717, 1.165) is 11.3 Å². The fraction of sp³-hybridized carbons (Fsp3) is 0.500. The second-order valence-corrected chi connectivity index (χ2v) is 5.49. The Hall–Kier alpha value is -0.890. The van der Waals surface area contributed by atoms with Gasteiger partial charge in [0.2, 0.25) is 0 Å². The minimum atomic E-state index is 0.417. The zero-order valence-corrected chi connectivity index (χ0v) is 10.2. The third-order valence-corrected chi connectivity index (χ3v) is 3.51. The third kappa shape index (κ3) is 2.05. The van der Waals surface area contributed by atoms with E-state index in [9.17, 15) is 0 Å². The van der Waals surface area contributed by atoms with E-state index in [1.807, 2.05) is 19.1 Å². The molecule has 2 nitrogen and oxygen atoms in total. The molecule has 0 radical (unpaired) electrons. The molecule has 15 heavy (non-hydrogen) atoms. The monoisotopic (exact) mass is 224 g/mol. The molecule has 0 spiro atoms. The molecule has 3 heteroatoms. The summed E-state index contributed by atoms with van der Waals surface area (Å²) in [7, 11) is 0. The van der Waals surface area contributed by atoms with Gasteiger partial charge in [0, 0.05) is 11.7 Å². The van der Waals surface area contributed by atoms with E-state index >= 15 is 0 Å². The van der Waals surface area contributed by atoms with Crippen LogP contribution in [0.1, 0.15) is 25.8 Å². The molecule has 1 saturated carbocycles. The fourth-order valence-electron chi connectivity index (χ4n) is 1.76. The zero-order valence-electron chi connectivity index (χ0n) is 9.39. The van der Waals surface area contributed by atoms with Crippen LogP contribution in [0.3, 0.4) is 0 Å². The first-order chi connectivity index (χ1) is 6.90. The average Bonchev–Trinajstić information content (AvgIpc) is 2.70. The Kier molecular flexibility index (Phi) is 2.34. The predicted molar refractivity (Wildman–Crippen MR) is 66.4 cm³/mol. The van der Waals surface area contributed by atoms with E-state index in [2.05, 4.69) is 19.2 Å². The summed E-state index contributed by atoms with van der Waals surface area (Å²) in [6.07, 6.45) is 1.22. The molecule has 3 N–H and O–H groups in total. The molecular weight excluding hydrogens is 208 g/mol. The minimum Gasteiger partial charge on any atom is -0.398 e. The van der Waals surface area contributed by atoms with Gasteiger partial charge in [-0.05, 0) is 36.5 Å². The van der Waals surface area contributed by atoms with Gasteiger partial charge in [-0.15, -0.1) is 0 Å². The van der Waals surface area contributed by atoms with Crippen molar-refractivity contribution in [3.63, 3.8) is 0 Å². The lowest BCUT2D eigenvalue weighted by Crippen LogP contribution is -2.09. The lowest BCUT2D eigenvalue weighted by Gasteiger charge is -2.12. The van der Waals surface area contributed by atoms with Crippen molar-refractivity contribution < 1.29 is 0 Å². The van der Waals surface area contributed by atoms with Crippen molar-refractivity contribution in [2.24, 2.45) is 5.41 Å². The van der Waals surface area contributed by atoms with Gasteiger partial charge in [-0.3, -0.25) is 0 Å². The molecule has 0 saturated heterocycles. The second kappa shape index (κ2) is 3.31. The van der Waals surface area contributed by atoms with Gasteiger partial charge in [-0.25, -0.2) is 0 Å². The number of rotatable bonds is 2. The van der Waals surface area contributed by atoms with Crippen molar-refractivity contribution in [2.75, 3.05) is 11.1 Å². The van der Waals surface area contributed by atoms with Crippen molar-refractivity contribution in [3.05, 3.63) is 22.7 Å². The number of benzene rings is 1. The van der Waals surface area contributed by atoms with Crippen LogP contribution < -0.4 is 11.1 Å². The van der Waals surface area contributed by atoms with Gasteiger partial charge in [-0.1, -0.05) is 25.4 Å². The van der Waals surface area contributed by atoms with Gasteiger partial charge in [0.1, 0.15) is 0 Å². The van der Waals surface area contributed by atoms with Crippen molar-refractivity contribution in [3.8, 4) is 0 Å². The van der Waals surface area contributed by atoms with Gasteiger partial charge in [0.05, 0.1) is 10.7 Å². The third-order valence-electron chi connectivity index (χ3n) is 3.19. The molecule has 1 aliphatic carbocycles. The van der Waals surface area contributed by atoms with Crippen LogP contribution in [0.2, 0.25) is 5.02 Å². The summed E-state index contributed by atoms with van der Waals surface area (Å²) in [5.74, 6) is 0. The molecule has 0 heterocycles. The van der Waals surface area contributed by atoms with Crippen molar-refractivity contribution in [2.45, 2.75) is 33.2 Å². The summed E-state index contributed by atoms with van der Waals surface area (Å²) in [6, 6.07) is 4.40. The van der Waals surface area contributed by atoms with Gasteiger partial charge in [0.25, 0.3) is 0 Å². The molecule has 2 rings (SSSR count). The Balaban J connectivity index is 2.19. The summed E-state index contributed by atoms with van der Waals surface area (Å²) in [6.45, 7) is 6.57. The summed E-state index contributed by atoms with van der Waals surface area (Å²) >= 11 is 6.00. The molecule has 0 bridgehead atoms. The van der Waals surface area contributed by atoms with Crippen LogP contribution in [0.5, 0.6) is 0 Å². The number of nitrogens with two attached hydrogens (primary N) is 1. The Morgan fingerprint density at radius 1 is 1.47 bits per heavy atom. The van der Waals surface area contributed by atoms with Gasteiger partial charge >= 0.3 is 0 Å². The van der Waals surface area contributed by atoms with E-state index < -0.39 is 0 Å². The maximum atomic E-state index is 6.00. The molecule has 0 amide bonds. The number of nitrogens with one attached hydrogen (secondary N) is 1. The highest BCUT2D eigenvalue weighted by molar-refractivity contribution is 6.33. The van der Waals surface area contributed by atoms with Crippen LogP contribution in [-0.4, -0.2) is 6.04 Å². The smallest absolute Gasteiger partial charge is 0.0656 e. The molecule has 0 aromatic heterocycles. The van der Waals surface area contributed by atoms with E-state index in [1.165, 1.54) is 6.42 Å². The summed E-state index contributed by atoms with van der Waals surface area (Å²) in [4.78, 5) is 0. The molecule has 1 aliphatic rings. The minimum absolute atomic E-state index is 0.417. The summed E-state index contributed by atoms with van der Waals surface area (Å²) in [5, 5.41) is 4.13. The SMILES string of the molecule is Cc1cc(N)c(Cl)cc1NC1CC1(C)C. The Morgan fingerprint density at radius 3 is 2.60 bits per heavy atom. The lowest BCUT2D eigenvalue weighted by molar-refractivity contribution is 0.630. The topological polar surface area (TPSA) is 38.0 Å². The van der Waals surface area contributed by atoms with Crippen molar-refractivity contribution in [1.29, 1.82) is 0 Å². The first-order valence-electron chi connectivity index (χ1n) is 5.22. The van der Waals surface area contributed by atoms with Crippen LogP contribution in [0.4, 0.5) is 11.4 Å². The molecular formula is C12H17ClN2. The molecule has 1 aromatic rings. The molecule has 1 fully saturated rings. The molecule has 1 atom stereocenters.